The topological polar surface area (TPSA) is 17.1 Å². The Balaban J connectivity index is 2.25. The van der Waals surface area contributed by atoms with Crippen LogP contribution in [-0.4, -0.2) is 12.0 Å². The largest absolute Gasteiger partial charge is 0.392 e. The normalized spacial score (nSPS) is 18.6. The van der Waals surface area contributed by atoms with Gasteiger partial charge in [0.05, 0.1) is 6.42 Å². The molecule has 0 atom stereocenters. The molecule has 1 aliphatic rings. The van der Waals surface area contributed by atoms with Gasteiger partial charge in [0, 0.05) is 5.92 Å². The predicted molar refractivity (Wildman–Crippen MR) is 37.5 cm³/mol. The number of rotatable bonds is 3. The highest BCUT2D eigenvalue weighted by atomic mass is 19.4. The summed E-state index contributed by atoms with van der Waals surface area (Å²) in [4.78, 5) is 10.8. The van der Waals surface area contributed by atoms with Gasteiger partial charge in [-0.2, -0.15) is 13.2 Å². The Bertz CT molecular complexity index is 201. The SMILES string of the molecule is O=C(/C=C/CC(F)(F)F)C1CC1. The monoisotopic (exact) mass is 178 g/mol. The Hall–Kier alpha value is -0.800. The van der Waals surface area contributed by atoms with Crippen molar-refractivity contribution < 1.29 is 18.0 Å². The van der Waals surface area contributed by atoms with E-state index in [2.05, 4.69) is 0 Å². The molecule has 0 aromatic rings. The lowest BCUT2D eigenvalue weighted by atomic mass is 10.2. The van der Waals surface area contributed by atoms with Gasteiger partial charge in [-0.3, -0.25) is 4.79 Å². The second kappa shape index (κ2) is 3.29. The van der Waals surface area contributed by atoms with E-state index in [1.54, 1.807) is 0 Å². The molecular formula is C8H9F3O. The second-order valence-corrected chi connectivity index (χ2v) is 2.90. The first-order valence-electron chi connectivity index (χ1n) is 3.76. The van der Waals surface area contributed by atoms with Gasteiger partial charge in [-0.15, -0.1) is 0 Å². The van der Waals surface area contributed by atoms with Crippen molar-refractivity contribution in [3.8, 4) is 0 Å². The molecule has 1 nitrogen and oxygen atoms in total. The van der Waals surface area contributed by atoms with Crippen molar-refractivity contribution in [1.29, 1.82) is 0 Å². The summed E-state index contributed by atoms with van der Waals surface area (Å²) in [5, 5.41) is 0. The molecule has 0 saturated heterocycles. The van der Waals surface area contributed by atoms with E-state index < -0.39 is 12.6 Å². The minimum Gasteiger partial charge on any atom is -0.295 e. The molecule has 0 amide bonds. The molecule has 0 spiro atoms. The quantitative estimate of drug-likeness (QED) is 0.607. The Morgan fingerprint density at radius 3 is 2.42 bits per heavy atom. The molecule has 12 heavy (non-hydrogen) atoms. The first-order valence-corrected chi connectivity index (χ1v) is 3.76. The van der Waals surface area contributed by atoms with Gasteiger partial charge in [0.25, 0.3) is 0 Å². The number of carbonyl (C=O) groups is 1. The predicted octanol–water partition coefficient (Wildman–Crippen LogP) is 2.47. The molecule has 0 bridgehead atoms. The lowest BCUT2D eigenvalue weighted by Crippen LogP contribution is -2.05. The van der Waals surface area contributed by atoms with Gasteiger partial charge < -0.3 is 0 Å². The molecule has 1 saturated carbocycles. The molecule has 1 fully saturated rings. The molecule has 0 aliphatic heterocycles. The Labute approximate surface area is 68.3 Å². The maximum Gasteiger partial charge on any atom is 0.392 e. The van der Waals surface area contributed by atoms with Gasteiger partial charge in [0.1, 0.15) is 0 Å². The summed E-state index contributed by atoms with van der Waals surface area (Å²) < 4.78 is 34.7. The van der Waals surface area contributed by atoms with Crippen LogP contribution in [0.15, 0.2) is 12.2 Å². The molecule has 0 N–H and O–H groups in total. The van der Waals surface area contributed by atoms with Crippen LogP contribution in [-0.2, 0) is 4.79 Å². The van der Waals surface area contributed by atoms with Crippen molar-refractivity contribution in [2.24, 2.45) is 5.92 Å². The van der Waals surface area contributed by atoms with Crippen LogP contribution in [0.3, 0.4) is 0 Å². The van der Waals surface area contributed by atoms with Crippen LogP contribution in [0.4, 0.5) is 13.2 Å². The summed E-state index contributed by atoms with van der Waals surface area (Å²) in [6.45, 7) is 0. The van der Waals surface area contributed by atoms with E-state index >= 15 is 0 Å². The molecule has 0 aromatic heterocycles. The van der Waals surface area contributed by atoms with E-state index in [0.29, 0.717) is 0 Å². The van der Waals surface area contributed by atoms with Crippen molar-refractivity contribution in [2.45, 2.75) is 25.4 Å². The number of halogens is 3. The maximum atomic E-state index is 11.6. The zero-order valence-electron chi connectivity index (χ0n) is 6.40. The van der Waals surface area contributed by atoms with Crippen molar-refractivity contribution in [1.82, 2.24) is 0 Å². The number of hydrogen-bond acceptors (Lipinski definition) is 1. The molecule has 0 aromatic carbocycles. The van der Waals surface area contributed by atoms with Gasteiger partial charge in [-0.1, -0.05) is 6.08 Å². The summed E-state index contributed by atoms with van der Waals surface area (Å²) in [6, 6.07) is 0. The minimum absolute atomic E-state index is 0.00878. The van der Waals surface area contributed by atoms with Crippen LogP contribution in [0.2, 0.25) is 0 Å². The van der Waals surface area contributed by atoms with E-state index in [9.17, 15) is 18.0 Å². The molecule has 1 rings (SSSR count). The van der Waals surface area contributed by atoms with Crippen LogP contribution in [0.1, 0.15) is 19.3 Å². The molecule has 4 heteroatoms. The van der Waals surface area contributed by atoms with Gasteiger partial charge in [0.15, 0.2) is 5.78 Å². The highest BCUT2D eigenvalue weighted by Gasteiger charge is 2.28. The second-order valence-electron chi connectivity index (χ2n) is 2.90. The minimum atomic E-state index is -4.19. The van der Waals surface area contributed by atoms with Crippen LogP contribution in [0, 0.1) is 5.92 Å². The van der Waals surface area contributed by atoms with E-state index in [-0.39, 0.29) is 11.7 Å². The van der Waals surface area contributed by atoms with Crippen LogP contribution >= 0.6 is 0 Å². The third-order valence-electron chi connectivity index (χ3n) is 1.61. The zero-order valence-corrected chi connectivity index (χ0v) is 6.40. The van der Waals surface area contributed by atoms with Crippen molar-refractivity contribution in [3.63, 3.8) is 0 Å². The summed E-state index contributed by atoms with van der Waals surface area (Å²) >= 11 is 0. The fourth-order valence-electron chi connectivity index (χ4n) is 0.813. The Kier molecular flexibility index (Phi) is 2.55. The van der Waals surface area contributed by atoms with E-state index in [1.165, 1.54) is 0 Å². The van der Waals surface area contributed by atoms with Crippen LogP contribution < -0.4 is 0 Å². The molecule has 1 aliphatic carbocycles. The Morgan fingerprint density at radius 2 is 2.00 bits per heavy atom. The van der Waals surface area contributed by atoms with Gasteiger partial charge >= 0.3 is 6.18 Å². The maximum absolute atomic E-state index is 11.6. The smallest absolute Gasteiger partial charge is 0.295 e. The van der Waals surface area contributed by atoms with Gasteiger partial charge in [-0.25, -0.2) is 0 Å². The summed E-state index contributed by atoms with van der Waals surface area (Å²) in [5.74, 6) is -0.159. The summed E-state index contributed by atoms with van der Waals surface area (Å²) in [5.41, 5.74) is 0. The lowest BCUT2D eigenvalue weighted by molar-refractivity contribution is -0.125. The molecule has 0 heterocycles. The van der Waals surface area contributed by atoms with Crippen molar-refractivity contribution in [2.75, 3.05) is 0 Å². The molecule has 68 valence electrons. The number of allylic oxidation sites excluding steroid dienone is 2. The Morgan fingerprint density at radius 1 is 1.42 bits per heavy atom. The summed E-state index contributed by atoms with van der Waals surface area (Å²) in [7, 11) is 0. The fraction of sp³-hybridized carbons (Fsp3) is 0.625. The van der Waals surface area contributed by atoms with Crippen LogP contribution in [0.25, 0.3) is 0 Å². The van der Waals surface area contributed by atoms with Crippen molar-refractivity contribution in [3.05, 3.63) is 12.2 Å². The summed E-state index contributed by atoms with van der Waals surface area (Å²) in [6.07, 6.45) is -1.61. The third-order valence-corrected chi connectivity index (χ3v) is 1.61. The van der Waals surface area contributed by atoms with E-state index in [0.717, 1.165) is 25.0 Å². The first-order chi connectivity index (χ1) is 5.49. The van der Waals surface area contributed by atoms with Crippen molar-refractivity contribution >= 4 is 5.78 Å². The third kappa shape index (κ3) is 3.55. The van der Waals surface area contributed by atoms with Gasteiger partial charge in [-0.05, 0) is 18.9 Å². The highest BCUT2D eigenvalue weighted by molar-refractivity contribution is 5.93. The average Bonchev–Trinajstić information content (AvgIpc) is 2.64. The number of hydrogen-bond donors (Lipinski definition) is 0. The standard InChI is InChI=1S/C8H9F3O/c9-8(10,11)5-1-2-7(12)6-3-4-6/h1-2,6H,3-5H2/b2-1+. The number of ketones is 1. The fourth-order valence-corrected chi connectivity index (χ4v) is 0.813. The van der Waals surface area contributed by atoms with E-state index in [1.807, 2.05) is 0 Å². The molecule has 0 unspecified atom stereocenters. The van der Waals surface area contributed by atoms with E-state index in [4.69, 9.17) is 0 Å². The number of carbonyl (C=O) groups excluding carboxylic acids is 1. The highest BCUT2D eigenvalue weighted by Crippen LogP contribution is 2.30. The first kappa shape index (κ1) is 9.29. The molecule has 0 radical (unpaired) electrons. The lowest BCUT2D eigenvalue weighted by Gasteiger charge is -1.99. The average molecular weight is 178 g/mol. The van der Waals surface area contributed by atoms with Crippen LogP contribution in [0.5, 0.6) is 0 Å². The van der Waals surface area contributed by atoms with Gasteiger partial charge in [0.2, 0.25) is 0 Å². The molecular weight excluding hydrogens is 169 g/mol. The zero-order chi connectivity index (χ0) is 9.19. The number of alkyl halides is 3.